The number of amides is 1. The molecule has 1 heterocycles. The molecule has 4 saturated carbocycles. The molecule has 0 saturated heterocycles. The number of carbonyl (C=O) groups is 1. The number of H-pyrrole nitrogens is 1. The number of carbonyl (C=O) groups excluding carboxylic acids is 1. The largest absolute Gasteiger partial charge is 0.358 e. The van der Waals surface area contributed by atoms with Crippen LogP contribution in [0.3, 0.4) is 0 Å². The number of nitro groups is 1. The van der Waals surface area contributed by atoms with E-state index in [0.29, 0.717) is 0 Å². The average molecular weight is 304 g/mol. The Morgan fingerprint density at radius 2 is 1.86 bits per heavy atom. The zero-order valence-electron chi connectivity index (χ0n) is 12.6. The Morgan fingerprint density at radius 1 is 1.32 bits per heavy atom. The van der Waals surface area contributed by atoms with Crippen molar-refractivity contribution < 1.29 is 9.72 Å². The van der Waals surface area contributed by atoms with Crippen LogP contribution in [-0.4, -0.2) is 38.5 Å². The van der Waals surface area contributed by atoms with Crippen molar-refractivity contribution in [2.75, 3.05) is 7.05 Å². The van der Waals surface area contributed by atoms with E-state index in [-0.39, 0.29) is 23.0 Å². The van der Waals surface area contributed by atoms with Crippen molar-refractivity contribution in [1.29, 1.82) is 0 Å². The van der Waals surface area contributed by atoms with E-state index in [1.807, 2.05) is 11.9 Å². The third kappa shape index (κ3) is 1.94. The van der Waals surface area contributed by atoms with E-state index in [1.54, 1.807) is 0 Å². The maximum Gasteiger partial charge on any atom is 0.343 e. The standard InChI is InChI=1S/C15H20N4O3/c1-18(14(20)12-5-13(17-16-12)19(21)22)15-6-9-2-10(7-15)4-11(3-9)8-15/h5,9-11H,2-4,6-8H2,1H3,(H,16,17). The highest BCUT2D eigenvalue weighted by Gasteiger charge is 2.54. The van der Waals surface area contributed by atoms with Crippen molar-refractivity contribution in [2.24, 2.45) is 17.8 Å². The topological polar surface area (TPSA) is 92.1 Å². The Bertz CT molecular complexity index is 603. The number of nitrogens with zero attached hydrogens (tertiary/aromatic N) is 3. The predicted molar refractivity (Wildman–Crippen MR) is 78.2 cm³/mol. The van der Waals surface area contributed by atoms with Crippen molar-refractivity contribution in [2.45, 2.75) is 44.1 Å². The summed E-state index contributed by atoms with van der Waals surface area (Å²) in [4.78, 5) is 24.7. The molecule has 4 aliphatic rings. The Hall–Kier alpha value is -1.92. The lowest BCUT2D eigenvalue weighted by Gasteiger charge is -2.59. The lowest BCUT2D eigenvalue weighted by molar-refractivity contribution is -0.389. The first-order valence-corrected chi connectivity index (χ1v) is 7.95. The molecule has 0 spiro atoms. The van der Waals surface area contributed by atoms with Gasteiger partial charge in [-0.2, -0.15) is 0 Å². The van der Waals surface area contributed by atoms with Gasteiger partial charge in [-0.1, -0.05) is 5.10 Å². The summed E-state index contributed by atoms with van der Waals surface area (Å²) >= 11 is 0. The van der Waals surface area contributed by atoms with Crippen molar-refractivity contribution in [3.63, 3.8) is 0 Å². The molecule has 1 amide bonds. The Morgan fingerprint density at radius 3 is 2.32 bits per heavy atom. The van der Waals surface area contributed by atoms with Gasteiger partial charge in [0.25, 0.3) is 5.91 Å². The van der Waals surface area contributed by atoms with Crippen LogP contribution in [0.25, 0.3) is 0 Å². The van der Waals surface area contributed by atoms with Crippen LogP contribution < -0.4 is 0 Å². The molecule has 118 valence electrons. The second kappa shape index (κ2) is 4.54. The lowest BCUT2D eigenvalue weighted by Crippen LogP contribution is -2.60. The van der Waals surface area contributed by atoms with Gasteiger partial charge in [-0.15, -0.1) is 5.10 Å². The number of hydrogen-bond donors (Lipinski definition) is 1. The fourth-order valence-corrected chi connectivity index (χ4v) is 5.38. The van der Waals surface area contributed by atoms with Crippen LogP contribution in [-0.2, 0) is 0 Å². The lowest BCUT2D eigenvalue weighted by atomic mass is 9.52. The molecule has 7 nitrogen and oxygen atoms in total. The third-order valence-corrected chi connectivity index (χ3v) is 6.00. The van der Waals surface area contributed by atoms with Crippen molar-refractivity contribution in [1.82, 2.24) is 15.1 Å². The summed E-state index contributed by atoms with van der Waals surface area (Å²) in [7, 11) is 1.84. The van der Waals surface area contributed by atoms with Crippen molar-refractivity contribution >= 4 is 11.7 Å². The van der Waals surface area contributed by atoms with Gasteiger partial charge in [-0.25, -0.2) is 0 Å². The van der Waals surface area contributed by atoms with Crippen LogP contribution in [0.2, 0.25) is 0 Å². The molecule has 1 aromatic heterocycles. The van der Waals surface area contributed by atoms with Crippen LogP contribution >= 0.6 is 0 Å². The highest BCUT2D eigenvalue weighted by Crippen LogP contribution is 2.57. The molecule has 4 aliphatic carbocycles. The molecule has 0 radical (unpaired) electrons. The quantitative estimate of drug-likeness (QED) is 0.685. The smallest absolute Gasteiger partial charge is 0.343 e. The van der Waals surface area contributed by atoms with Crippen LogP contribution in [0.15, 0.2) is 6.07 Å². The molecule has 4 bridgehead atoms. The van der Waals surface area contributed by atoms with Gasteiger partial charge in [-0.05, 0) is 61.2 Å². The molecule has 1 N–H and O–H groups in total. The molecule has 0 unspecified atom stereocenters. The molecule has 1 aromatic rings. The van der Waals surface area contributed by atoms with Crippen LogP contribution in [0.5, 0.6) is 0 Å². The first kappa shape index (κ1) is 13.7. The van der Waals surface area contributed by atoms with Gasteiger partial charge in [0.2, 0.25) is 0 Å². The monoisotopic (exact) mass is 304 g/mol. The molecule has 7 heteroatoms. The summed E-state index contributed by atoms with van der Waals surface area (Å²) in [6.07, 6.45) is 7.18. The SMILES string of the molecule is CN(C(=O)c1cc([N+](=O)[O-])[nH]n1)C12CC3CC(CC(C3)C1)C2. The van der Waals surface area contributed by atoms with E-state index in [9.17, 15) is 14.9 Å². The third-order valence-electron chi connectivity index (χ3n) is 6.00. The van der Waals surface area contributed by atoms with Gasteiger partial charge in [0, 0.05) is 12.6 Å². The van der Waals surface area contributed by atoms with Gasteiger partial charge >= 0.3 is 5.82 Å². The van der Waals surface area contributed by atoms with Gasteiger partial charge in [-0.3, -0.25) is 4.79 Å². The number of aromatic nitrogens is 2. The molecular weight excluding hydrogens is 284 g/mol. The predicted octanol–water partition coefficient (Wildman–Crippen LogP) is 2.36. The van der Waals surface area contributed by atoms with Gasteiger partial charge in [0.15, 0.2) is 5.69 Å². The number of hydrogen-bond acceptors (Lipinski definition) is 4. The Kier molecular flexibility index (Phi) is 2.83. The van der Waals surface area contributed by atoms with E-state index in [2.05, 4.69) is 10.2 Å². The first-order chi connectivity index (χ1) is 10.5. The maximum atomic E-state index is 12.7. The van der Waals surface area contributed by atoms with Crippen molar-refractivity contribution in [3.05, 3.63) is 21.9 Å². The molecule has 0 aromatic carbocycles. The van der Waals surface area contributed by atoms with Gasteiger partial charge < -0.3 is 15.0 Å². The fraction of sp³-hybridized carbons (Fsp3) is 0.733. The number of rotatable bonds is 3. The zero-order chi connectivity index (χ0) is 15.5. The summed E-state index contributed by atoms with van der Waals surface area (Å²) < 4.78 is 0. The molecule has 0 atom stereocenters. The number of aromatic amines is 1. The van der Waals surface area contributed by atoms with E-state index in [0.717, 1.165) is 37.0 Å². The maximum absolute atomic E-state index is 12.7. The minimum absolute atomic E-state index is 0.0560. The summed E-state index contributed by atoms with van der Waals surface area (Å²) in [5, 5.41) is 16.9. The van der Waals surface area contributed by atoms with E-state index < -0.39 is 4.92 Å². The Balaban J connectivity index is 1.59. The van der Waals surface area contributed by atoms with E-state index in [1.165, 1.54) is 25.3 Å². The van der Waals surface area contributed by atoms with E-state index in [4.69, 9.17) is 0 Å². The highest BCUT2D eigenvalue weighted by atomic mass is 16.6. The second-order valence-electron chi connectivity index (χ2n) is 7.40. The highest BCUT2D eigenvalue weighted by molar-refractivity contribution is 5.93. The molecule has 4 fully saturated rings. The van der Waals surface area contributed by atoms with Crippen molar-refractivity contribution in [3.8, 4) is 0 Å². The molecule has 0 aliphatic heterocycles. The van der Waals surface area contributed by atoms with Crippen LogP contribution in [0.4, 0.5) is 5.82 Å². The first-order valence-electron chi connectivity index (χ1n) is 7.95. The molecule has 22 heavy (non-hydrogen) atoms. The fourth-order valence-electron chi connectivity index (χ4n) is 5.38. The van der Waals surface area contributed by atoms with Gasteiger partial charge in [0.05, 0.1) is 6.07 Å². The summed E-state index contributed by atoms with van der Waals surface area (Å²) in [6.45, 7) is 0. The molecular formula is C15H20N4O3. The van der Waals surface area contributed by atoms with Crippen LogP contribution in [0.1, 0.15) is 49.0 Å². The summed E-state index contributed by atoms with van der Waals surface area (Å²) in [5.41, 5.74) is 0.0875. The summed E-state index contributed by atoms with van der Waals surface area (Å²) in [6, 6.07) is 1.24. The Labute approximate surface area is 128 Å². The van der Waals surface area contributed by atoms with Gasteiger partial charge in [0.1, 0.15) is 0 Å². The normalized spacial score (nSPS) is 35.6. The average Bonchev–Trinajstić information content (AvgIpc) is 2.94. The summed E-state index contributed by atoms with van der Waals surface area (Å²) in [5.74, 6) is 1.80. The number of nitrogens with one attached hydrogen (secondary N) is 1. The van der Waals surface area contributed by atoms with Crippen LogP contribution in [0, 0.1) is 27.9 Å². The minimum Gasteiger partial charge on any atom is -0.358 e. The van der Waals surface area contributed by atoms with E-state index >= 15 is 0 Å². The minimum atomic E-state index is -0.561. The molecule has 5 rings (SSSR count). The second-order valence-corrected chi connectivity index (χ2v) is 7.40. The zero-order valence-corrected chi connectivity index (χ0v) is 12.6.